The van der Waals surface area contributed by atoms with Crippen molar-refractivity contribution in [3.8, 4) is 0 Å². The van der Waals surface area contributed by atoms with Gasteiger partial charge in [-0.25, -0.2) is 0 Å². The largest absolute Gasteiger partial charge is 0.464 e. The Balaban J connectivity index is 4.25. The van der Waals surface area contributed by atoms with Crippen LogP contribution in [0.5, 0.6) is 0 Å². The molecule has 0 saturated carbocycles. The van der Waals surface area contributed by atoms with E-state index in [1.165, 1.54) is 0 Å². The van der Waals surface area contributed by atoms with Crippen LogP contribution in [-0.2, 0) is 23.9 Å². The molecule has 2 unspecified atom stereocenters. The van der Waals surface area contributed by atoms with Gasteiger partial charge in [0.15, 0.2) is 0 Å². The summed E-state index contributed by atoms with van der Waals surface area (Å²) in [5.41, 5.74) is 0. The van der Waals surface area contributed by atoms with Gasteiger partial charge in [-0.15, -0.1) is 13.2 Å². The molecule has 0 radical (unpaired) electrons. The summed E-state index contributed by atoms with van der Waals surface area (Å²) in [6.45, 7) is 9.78. The average Bonchev–Trinajstić information content (AvgIpc) is 2.66. The fraction of sp³-hybridized carbons (Fsp3) is 0.650. The normalized spacial score (nSPS) is 12.5. The molecule has 0 fully saturated rings. The van der Waals surface area contributed by atoms with Crippen molar-refractivity contribution in [2.24, 2.45) is 5.92 Å². The number of aliphatic hydroxyl groups is 1. The van der Waals surface area contributed by atoms with Gasteiger partial charge in [-0.1, -0.05) is 12.2 Å². The third-order valence-corrected chi connectivity index (χ3v) is 3.73. The zero-order chi connectivity index (χ0) is 21.2. The lowest BCUT2D eigenvalue weighted by Crippen LogP contribution is -2.41. The Morgan fingerprint density at radius 3 is 2.57 bits per heavy atom. The second kappa shape index (κ2) is 16.9. The number of ether oxygens (including phenoxy) is 2. The van der Waals surface area contributed by atoms with E-state index < -0.39 is 5.92 Å². The predicted octanol–water partition coefficient (Wildman–Crippen LogP) is 1.10. The quantitative estimate of drug-likeness (QED) is 0.192. The predicted molar refractivity (Wildman–Crippen MR) is 106 cm³/mol. The first-order valence-corrected chi connectivity index (χ1v) is 9.57. The van der Waals surface area contributed by atoms with Crippen LogP contribution in [0, 0.1) is 5.92 Å². The molecule has 0 heterocycles. The summed E-state index contributed by atoms with van der Waals surface area (Å²) in [5.74, 6) is -1.42. The van der Waals surface area contributed by atoms with Crippen LogP contribution in [0.4, 0.5) is 0 Å². The number of nitrogens with one attached hydrogen (secondary N) is 2. The molecule has 0 aliphatic rings. The second-order valence-electron chi connectivity index (χ2n) is 6.38. The first-order chi connectivity index (χ1) is 13.4. The van der Waals surface area contributed by atoms with Crippen molar-refractivity contribution >= 4 is 17.8 Å². The molecule has 0 saturated heterocycles. The van der Waals surface area contributed by atoms with Crippen LogP contribution in [0.1, 0.15) is 39.0 Å². The van der Waals surface area contributed by atoms with E-state index in [9.17, 15) is 14.4 Å². The maximum absolute atomic E-state index is 12.4. The SMILES string of the molecule is C=CCCCC(=O)OCC(C)NC(=O)C(CC=C)CC(=O)NCCOCCO. The summed E-state index contributed by atoms with van der Waals surface area (Å²) in [6, 6.07) is -0.363. The molecular weight excluding hydrogens is 364 g/mol. The van der Waals surface area contributed by atoms with Crippen LogP contribution in [0.15, 0.2) is 25.3 Å². The molecule has 0 aliphatic heterocycles. The van der Waals surface area contributed by atoms with Crippen LogP contribution >= 0.6 is 0 Å². The number of rotatable bonds is 17. The molecule has 2 atom stereocenters. The smallest absolute Gasteiger partial charge is 0.305 e. The van der Waals surface area contributed by atoms with Gasteiger partial charge in [-0.2, -0.15) is 0 Å². The van der Waals surface area contributed by atoms with Gasteiger partial charge in [-0.05, 0) is 26.2 Å². The standard InChI is InChI=1S/C20H34N2O6/c1-4-6-7-9-19(25)28-15-16(3)22-20(26)17(8-5-2)14-18(24)21-10-12-27-13-11-23/h4-5,16-17,23H,1-2,6-15H2,3H3,(H,21,24)(H,22,26). The minimum atomic E-state index is -0.554. The Hall–Kier alpha value is -2.19. The van der Waals surface area contributed by atoms with Crippen LogP contribution < -0.4 is 10.6 Å². The van der Waals surface area contributed by atoms with Crippen molar-refractivity contribution in [1.29, 1.82) is 0 Å². The summed E-state index contributed by atoms with van der Waals surface area (Å²) in [5, 5.41) is 14.0. The number of allylic oxidation sites excluding steroid dienone is 2. The van der Waals surface area contributed by atoms with E-state index >= 15 is 0 Å². The highest BCUT2D eigenvalue weighted by atomic mass is 16.5. The van der Waals surface area contributed by atoms with Crippen molar-refractivity contribution in [2.45, 2.75) is 45.1 Å². The number of hydrogen-bond donors (Lipinski definition) is 3. The molecule has 0 rings (SSSR count). The summed E-state index contributed by atoms with van der Waals surface area (Å²) < 4.78 is 10.2. The summed E-state index contributed by atoms with van der Waals surface area (Å²) in [7, 11) is 0. The summed E-state index contributed by atoms with van der Waals surface area (Å²) >= 11 is 0. The van der Waals surface area contributed by atoms with E-state index in [1.54, 1.807) is 19.1 Å². The molecular formula is C20H34N2O6. The Bertz CT molecular complexity index is 495. The Morgan fingerprint density at radius 1 is 1.18 bits per heavy atom. The lowest BCUT2D eigenvalue weighted by molar-refractivity contribution is -0.145. The molecule has 2 amide bonds. The molecule has 3 N–H and O–H groups in total. The number of hydrogen-bond acceptors (Lipinski definition) is 6. The Kier molecular flexibility index (Phi) is 15.6. The zero-order valence-corrected chi connectivity index (χ0v) is 16.8. The van der Waals surface area contributed by atoms with Crippen molar-refractivity contribution in [3.63, 3.8) is 0 Å². The molecule has 0 aliphatic carbocycles. The molecule has 8 nitrogen and oxygen atoms in total. The first-order valence-electron chi connectivity index (χ1n) is 9.57. The number of amides is 2. The number of carbonyl (C=O) groups excluding carboxylic acids is 3. The van der Waals surface area contributed by atoms with Crippen molar-refractivity contribution < 1.29 is 29.0 Å². The van der Waals surface area contributed by atoms with Gasteiger partial charge in [-0.3, -0.25) is 14.4 Å². The van der Waals surface area contributed by atoms with E-state index in [-0.39, 0.29) is 50.1 Å². The van der Waals surface area contributed by atoms with E-state index in [0.717, 1.165) is 6.42 Å². The van der Waals surface area contributed by atoms with Crippen LogP contribution in [0.25, 0.3) is 0 Å². The number of esters is 1. The van der Waals surface area contributed by atoms with Gasteiger partial charge >= 0.3 is 5.97 Å². The van der Waals surface area contributed by atoms with E-state index in [1.807, 2.05) is 0 Å². The Labute approximate surface area is 167 Å². The highest BCUT2D eigenvalue weighted by molar-refractivity contribution is 5.86. The lowest BCUT2D eigenvalue weighted by atomic mass is 9.99. The summed E-state index contributed by atoms with van der Waals surface area (Å²) in [6.07, 6.45) is 5.46. The van der Waals surface area contributed by atoms with Gasteiger partial charge in [0.25, 0.3) is 0 Å². The van der Waals surface area contributed by atoms with Crippen molar-refractivity contribution in [3.05, 3.63) is 25.3 Å². The van der Waals surface area contributed by atoms with E-state index in [2.05, 4.69) is 23.8 Å². The fourth-order valence-electron chi connectivity index (χ4n) is 2.29. The molecule has 0 aromatic rings. The second-order valence-corrected chi connectivity index (χ2v) is 6.38. The number of unbranched alkanes of at least 4 members (excludes halogenated alkanes) is 1. The fourth-order valence-corrected chi connectivity index (χ4v) is 2.29. The number of aliphatic hydroxyl groups excluding tert-OH is 1. The lowest BCUT2D eigenvalue weighted by Gasteiger charge is -2.19. The van der Waals surface area contributed by atoms with Crippen LogP contribution in [0.2, 0.25) is 0 Å². The van der Waals surface area contributed by atoms with Crippen LogP contribution in [-0.4, -0.2) is 61.9 Å². The van der Waals surface area contributed by atoms with E-state index in [4.69, 9.17) is 14.6 Å². The van der Waals surface area contributed by atoms with Crippen molar-refractivity contribution in [1.82, 2.24) is 10.6 Å². The molecule has 0 bridgehead atoms. The molecule has 28 heavy (non-hydrogen) atoms. The maximum Gasteiger partial charge on any atom is 0.305 e. The summed E-state index contributed by atoms with van der Waals surface area (Å²) in [4.78, 5) is 36.0. The number of carbonyl (C=O) groups is 3. The van der Waals surface area contributed by atoms with Gasteiger partial charge in [0.05, 0.1) is 31.8 Å². The average molecular weight is 399 g/mol. The molecule has 0 spiro atoms. The Morgan fingerprint density at radius 2 is 1.93 bits per heavy atom. The molecule has 0 aromatic carbocycles. The molecule has 160 valence electrons. The van der Waals surface area contributed by atoms with Crippen molar-refractivity contribution in [2.75, 3.05) is 33.0 Å². The van der Waals surface area contributed by atoms with Gasteiger partial charge in [0, 0.05) is 19.4 Å². The topological polar surface area (TPSA) is 114 Å². The first kappa shape index (κ1) is 25.8. The van der Waals surface area contributed by atoms with E-state index in [0.29, 0.717) is 32.4 Å². The minimum Gasteiger partial charge on any atom is -0.464 e. The third kappa shape index (κ3) is 13.9. The highest BCUT2D eigenvalue weighted by Crippen LogP contribution is 2.10. The zero-order valence-electron chi connectivity index (χ0n) is 16.8. The van der Waals surface area contributed by atoms with Gasteiger partial charge in [0.2, 0.25) is 11.8 Å². The molecule has 0 aromatic heterocycles. The monoisotopic (exact) mass is 398 g/mol. The van der Waals surface area contributed by atoms with Gasteiger partial charge < -0.3 is 25.2 Å². The van der Waals surface area contributed by atoms with Gasteiger partial charge in [0.1, 0.15) is 6.61 Å². The highest BCUT2D eigenvalue weighted by Gasteiger charge is 2.22. The third-order valence-electron chi connectivity index (χ3n) is 3.73. The minimum absolute atomic E-state index is 0.0198. The molecule has 8 heteroatoms. The maximum atomic E-state index is 12.4. The van der Waals surface area contributed by atoms with Crippen LogP contribution in [0.3, 0.4) is 0 Å².